The second-order valence-corrected chi connectivity index (χ2v) is 6.80. The highest BCUT2D eigenvalue weighted by atomic mass is 15.2. The van der Waals surface area contributed by atoms with Gasteiger partial charge in [0.2, 0.25) is 0 Å². The van der Waals surface area contributed by atoms with Gasteiger partial charge < -0.3 is 15.5 Å². The zero-order valence-electron chi connectivity index (χ0n) is 12.4. The molecule has 0 bridgehead atoms. The van der Waals surface area contributed by atoms with E-state index in [0.717, 1.165) is 13.0 Å². The number of nitrogens with zero attached hydrogens (tertiary/aromatic N) is 2. The second-order valence-electron chi connectivity index (χ2n) is 6.80. The maximum atomic E-state index is 6.01. The quantitative estimate of drug-likeness (QED) is 0.739. The summed E-state index contributed by atoms with van der Waals surface area (Å²) in [6.45, 7) is 6.59. The molecule has 0 aromatic rings. The lowest BCUT2D eigenvalue weighted by Crippen LogP contribution is -2.56. The van der Waals surface area contributed by atoms with Gasteiger partial charge in [0.25, 0.3) is 0 Å². The molecule has 0 aromatic heterocycles. The van der Waals surface area contributed by atoms with Crippen molar-refractivity contribution < 1.29 is 0 Å². The highest BCUT2D eigenvalue weighted by Crippen LogP contribution is 2.36. The molecule has 2 N–H and O–H groups in total. The molecule has 3 nitrogen and oxygen atoms in total. The van der Waals surface area contributed by atoms with Gasteiger partial charge in [0.1, 0.15) is 0 Å². The monoisotopic (exact) mass is 241 g/mol. The molecule has 0 heterocycles. The maximum absolute atomic E-state index is 6.01. The van der Waals surface area contributed by atoms with Crippen molar-refractivity contribution in [1.82, 2.24) is 9.80 Å². The molecule has 1 saturated carbocycles. The molecular formula is C14H31N3. The summed E-state index contributed by atoms with van der Waals surface area (Å²) in [5, 5.41) is 0. The first-order valence-corrected chi connectivity index (χ1v) is 6.90. The van der Waals surface area contributed by atoms with Crippen LogP contribution < -0.4 is 5.73 Å². The zero-order valence-corrected chi connectivity index (χ0v) is 12.4. The number of hydrogen-bond donors (Lipinski definition) is 1. The smallest absolute Gasteiger partial charge is 0.0330 e. The lowest BCUT2D eigenvalue weighted by Gasteiger charge is -2.49. The van der Waals surface area contributed by atoms with E-state index in [1.807, 2.05) is 0 Å². The van der Waals surface area contributed by atoms with Crippen molar-refractivity contribution in [3.8, 4) is 0 Å². The maximum Gasteiger partial charge on any atom is 0.0330 e. The van der Waals surface area contributed by atoms with Gasteiger partial charge in [0.05, 0.1) is 0 Å². The Morgan fingerprint density at radius 1 is 1.18 bits per heavy atom. The number of rotatable bonds is 7. The Morgan fingerprint density at radius 3 is 2.12 bits per heavy atom. The van der Waals surface area contributed by atoms with E-state index in [1.165, 1.54) is 32.2 Å². The molecule has 0 radical (unpaired) electrons. The van der Waals surface area contributed by atoms with Crippen LogP contribution in [0.3, 0.4) is 0 Å². The van der Waals surface area contributed by atoms with E-state index in [2.05, 4.69) is 44.8 Å². The first-order valence-electron chi connectivity index (χ1n) is 6.90. The molecule has 0 aromatic carbocycles. The summed E-state index contributed by atoms with van der Waals surface area (Å²) >= 11 is 0. The van der Waals surface area contributed by atoms with Crippen molar-refractivity contribution in [2.24, 2.45) is 5.73 Å². The normalized spacial score (nSPS) is 19.8. The van der Waals surface area contributed by atoms with Gasteiger partial charge in [-0.3, -0.25) is 0 Å². The Balaban J connectivity index is 2.27. The minimum absolute atomic E-state index is 0.0173. The molecule has 0 atom stereocenters. The van der Waals surface area contributed by atoms with Crippen LogP contribution >= 0.6 is 0 Å². The summed E-state index contributed by atoms with van der Waals surface area (Å²) in [6, 6.07) is 0. The largest absolute Gasteiger partial charge is 0.326 e. The van der Waals surface area contributed by atoms with Crippen molar-refractivity contribution in [3.05, 3.63) is 0 Å². The summed E-state index contributed by atoms with van der Waals surface area (Å²) in [5.74, 6) is 0. The van der Waals surface area contributed by atoms with Crippen LogP contribution in [-0.2, 0) is 0 Å². The van der Waals surface area contributed by atoms with E-state index in [4.69, 9.17) is 5.73 Å². The SMILES string of the molecule is CN(CCCC(C)(C)N)CC1(N(C)C)CCC1. The summed E-state index contributed by atoms with van der Waals surface area (Å²) in [6.07, 6.45) is 6.40. The summed E-state index contributed by atoms with van der Waals surface area (Å²) in [5.41, 5.74) is 6.44. The van der Waals surface area contributed by atoms with Crippen LogP contribution in [0.4, 0.5) is 0 Å². The molecule has 0 unspecified atom stereocenters. The molecule has 1 rings (SSSR count). The Kier molecular flexibility index (Phi) is 4.99. The summed E-state index contributed by atoms with van der Waals surface area (Å²) < 4.78 is 0. The number of nitrogens with two attached hydrogens (primary N) is 1. The van der Waals surface area contributed by atoms with E-state index in [-0.39, 0.29) is 5.54 Å². The van der Waals surface area contributed by atoms with E-state index in [1.54, 1.807) is 0 Å². The Bertz CT molecular complexity index is 226. The molecular weight excluding hydrogens is 210 g/mol. The lowest BCUT2D eigenvalue weighted by atomic mass is 9.75. The van der Waals surface area contributed by atoms with Crippen LogP contribution in [0.25, 0.3) is 0 Å². The first kappa shape index (κ1) is 14.9. The fraction of sp³-hybridized carbons (Fsp3) is 1.00. The van der Waals surface area contributed by atoms with Crippen molar-refractivity contribution in [1.29, 1.82) is 0 Å². The molecule has 0 amide bonds. The number of hydrogen-bond acceptors (Lipinski definition) is 3. The van der Waals surface area contributed by atoms with Crippen molar-refractivity contribution in [2.75, 3.05) is 34.2 Å². The van der Waals surface area contributed by atoms with Crippen LogP contribution in [0.15, 0.2) is 0 Å². The molecule has 1 fully saturated rings. The van der Waals surface area contributed by atoms with E-state index in [0.29, 0.717) is 5.54 Å². The van der Waals surface area contributed by atoms with Crippen molar-refractivity contribution in [3.63, 3.8) is 0 Å². The Hall–Kier alpha value is -0.120. The topological polar surface area (TPSA) is 32.5 Å². The van der Waals surface area contributed by atoms with Crippen molar-refractivity contribution >= 4 is 0 Å². The highest BCUT2D eigenvalue weighted by molar-refractivity contribution is 4.97. The van der Waals surface area contributed by atoms with E-state index >= 15 is 0 Å². The molecule has 17 heavy (non-hydrogen) atoms. The van der Waals surface area contributed by atoms with Gasteiger partial charge in [-0.1, -0.05) is 0 Å². The molecule has 3 heteroatoms. The van der Waals surface area contributed by atoms with E-state index in [9.17, 15) is 0 Å². The third-order valence-corrected chi connectivity index (χ3v) is 4.16. The fourth-order valence-electron chi connectivity index (χ4n) is 2.72. The number of likely N-dealkylation sites (N-methyl/N-ethyl adjacent to an activating group) is 2. The average molecular weight is 241 g/mol. The molecule has 1 aliphatic rings. The predicted octanol–water partition coefficient (Wildman–Crippen LogP) is 1.92. The third kappa shape index (κ3) is 4.57. The van der Waals surface area contributed by atoms with Gasteiger partial charge >= 0.3 is 0 Å². The van der Waals surface area contributed by atoms with Crippen molar-refractivity contribution in [2.45, 2.75) is 57.0 Å². The molecule has 102 valence electrons. The van der Waals surface area contributed by atoms with Gasteiger partial charge in [0, 0.05) is 17.6 Å². The first-order chi connectivity index (χ1) is 7.75. The van der Waals surface area contributed by atoms with Gasteiger partial charge in [-0.25, -0.2) is 0 Å². The molecule has 0 spiro atoms. The predicted molar refractivity (Wildman–Crippen MR) is 75.3 cm³/mol. The second kappa shape index (κ2) is 5.68. The van der Waals surface area contributed by atoms with E-state index < -0.39 is 0 Å². The standard InChI is InChI=1S/C14H31N3/c1-13(2,15)8-7-11-17(5)12-14(16(3)4)9-6-10-14/h6-12,15H2,1-5H3. The summed E-state index contributed by atoms with van der Waals surface area (Å²) in [7, 11) is 6.68. The average Bonchev–Trinajstić information content (AvgIpc) is 2.08. The Morgan fingerprint density at radius 2 is 1.76 bits per heavy atom. The Labute approximate surface area is 107 Å². The lowest BCUT2D eigenvalue weighted by molar-refractivity contribution is 0.0272. The molecule has 1 aliphatic carbocycles. The fourth-order valence-corrected chi connectivity index (χ4v) is 2.72. The van der Waals surface area contributed by atoms with Gasteiger partial charge in [-0.15, -0.1) is 0 Å². The molecule has 0 saturated heterocycles. The van der Waals surface area contributed by atoms with Gasteiger partial charge in [-0.05, 0) is 73.6 Å². The highest BCUT2D eigenvalue weighted by Gasteiger charge is 2.39. The minimum Gasteiger partial charge on any atom is -0.326 e. The zero-order chi connectivity index (χ0) is 13.1. The van der Waals surface area contributed by atoms with Crippen LogP contribution in [0, 0.1) is 0 Å². The van der Waals surface area contributed by atoms with Crippen LogP contribution in [-0.4, -0.2) is 55.1 Å². The van der Waals surface area contributed by atoms with Gasteiger partial charge in [-0.2, -0.15) is 0 Å². The minimum atomic E-state index is -0.0173. The molecule has 0 aliphatic heterocycles. The summed E-state index contributed by atoms with van der Waals surface area (Å²) in [4.78, 5) is 4.89. The van der Waals surface area contributed by atoms with Crippen LogP contribution in [0.2, 0.25) is 0 Å². The van der Waals surface area contributed by atoms with Crippen LogP contribution in [0.1, 0.15) is 46.0 Å². The third-order valence-electron chi connectivity index (χ3n) is 4.16. The van der Waals surface area contributed by atoms with Gasteiger partial charge in [0.15, 0.2) is 0 Å². The van der Waals surface area contributed by atoms with Crippen LogP contribution in [0.5, 0.6) is 0 Å².